The second-order valence-corrected chi connectivity index (χ2v) is 5.71. The van der Waals surface area contributed by atoms with E-state index in [2.05, 4.69) is 15.0 Å². The van der Waals surface area contributed by atoms with Crippen molar-refractivity contribution >= 4 is 33.5 Å². The number of methoxy groups -OCH3 is 2. The molecule has 5 nitrogen and oxygen atoms in total. The summed E-state index contributed by atoms with van der Waals surface area (Å²) in [7, 11) is 3.27. The lowest BCUT2D eigenvalue weighted by Crippen LogP contribution is -1.89. The number of nitrogens with one attached hydrogen (secondary N) is 1. The summed E-state index contributed by atoms with van der Waals surface area (Å²) in [5.41, 5.74) is 3.27. The van der Waals surface area contributed by atoms with Gasteiger partial charge in [-0.1, -0.05) is 11.6 Å². The molecule has 0 saturated carbocycles. The highest BCUT2D eigenvalue weighted by molar-refractivity contribution is 6.32. The highest BCUT2D eigenvalue weighted by atomic mass is 35.5. The van der Waals surface area contributed by atoms with Crippen LogP contribution in [0.15, 0.2) is 42.5 Å². The number of aromatic nitrogens is 3. The van der Waals surface area contributed by atoms with Crippen LogP contribution in [-0.4, -0.2) is 29.2 Å². The van der Waals surface area contributed by atoms with Crippen molar-refractivity contribution in [3.63, 3.8) is 0 Å². The van der Waals surface area contributed by atoms with Crippen LogP contribution in [-0.2, 0) is 0 Å². The van der Waals surface area contributed by atoms with Crippen LogP contribution < -0.4 is 9.47 Å². The van der Waals surface area contributed by atoms with Crippen LogP contribution in [0.5, 0.6) is 11.5 Å². The SMILES string of the molecule is COc1ccc2nc(Cl)c(-c3nc4ccc(OC)cc4[nH]3)cc2c1. The van der Waals surface area contributed by atoms with E-state index in [9.17, 15) is 0 Å². The van der Waals surface area contributed by atoms with Crippen molar-refractivity contribution < 1.29 is 9.47 Å². The van der Waals surface area contributed by atoms with Gasteiger partial charge in [0.1, 0.15) is 22.5 Å². The minimum Gasteiger partial charge on any atom is -0.497 e. The van der Waals surface area contributed by atoms with Crippen LogP contribution in [0.2, 0.25) is 5.15 Å². The van der Waals surface area contributed by atoms with E-state index in [-0.39, 0.29) is 0 Å². The van der Waals surface area contributed by atoms with Crippen LogP contribution in [0.3, 0.4) is 0 Å². The monoisotopic (exact) mass is 339 g/mol. The maximum Gasteiger partial charge on any atom is 0.141 e. The van der Waals surface area contributed by atoms with Gasteiger partial charge >= 0.3 is 0 Å². The Morgan fingerprint density at radius 2 is 1.58 bits per heavy atom. The number of imidazole rings is 1. The molecule has 4 aromatic rings. The van der Waals surface area contributed by atoms with Gasteiger partial charge in [0.2, 0.25) is 0 Å². The summed E-state index contributed by atoms with van der Waals surface area (Å²) in [6, 6.07) is 13.3. The molecule has 0 amide bonds. The largest absolute Gasteiger partial charge is 0.497 e. The number of ether oxygens (including phenoxy) is 2. The van der Waals surface area contributed by atoms with E-state index >= 15 is 0 Å². The van der Waals surface area contributed by atoms with Crippen molar-refractivity contribution in [2.75, 3.05) is 14.2 Å². The summed E-state index contributed by atoms with van der Waals surface area (Å²) in [6.07, 6.45) is 0. The third kappa shape index (κ3) is 2.43. The van der Waals surface area contributed by atoms with Crippen molar-refractivity contribution in [1.82, 2.24) is 15.0 Å². The molecule has 0 aliphatic rings. The minimum atomic E-state index is 0.402. The summed E-state index contributed by atoms with van der Waals surface area (Å²) in [5, 5.41) is 1.34. The predicted molar refractivity (Wildman–Crippen MR) is 94.9 cm³/mol. The fourth-order valence-electron chi connectivity index (χ4n) is 2.67. The normalized spacial score (nSPS) is 11.1. The van der Waals surface area contributed by atoms with E-state index in [0.29, 0.717) is 11.0 Å². The standard InChI is InChI=1S/C18H14ClN3O2/c1-23-11-3-5-14-10(7-11)8-13(17(19)20-14)18-21-15-6-4-12(24-2)9-16(15)22-18/h3-9H,1-2H3,(H,21,22). The molecule has 4 rings (SSSR count). The fourth-order valence-corrected chi connectivity index (χ4v) is 2.90. The average molecular weight is 340 g/mol. The molecule has 0 aliphatic carbocycles. The van der Waals surface area contributed by atoms with E-state index < -0.39 is 0 Å². The topological polar surface area (TPSA) is 60.0 Å². The summed E-state index contributed by atoms with van der Waals surface area (Å²) in [5.74, 6) is 2.21. The first-order valence-electron chi connectivity index (χ1n) is 7.36. The maximum absolute atomic E-state index is 6.37. The number of rotatable bonds is 3. The van der Waals surface area contributed by atoms with E-state index in [1.165, 1.54) is 0 Å². The van der Waals surface area contributed by atoms with Gasteiger partial charge in [0.05, 0.1) is 36.3 Å². The molecule has 2 aromatic heterocycles. The Balaban J connectivity index is 1.89. The molecule has 0 saturated heterocycles. The van der Waals surface area contributed by atoms with Crippen molar-refractivity contribution in [1.29, 1.82) is 0 Å². The van der Waals surface area contributed by atoms with Crippen LogP contribution >= 0.6 is 11.6 Å². The number of nitrogens with zero attached hydrogens (tertiary/aromatic N) is 2. The number of halogens is 1. The molecule has 1 N–H and O–H groups in total. The Morgan fingerprint density at radius 1 is 0.875 bits per heavy atom. The van der Waals surface area contributed by atoms with Gasteiger partial charge in [0, 0.05) is 11.5 Å². The molecular weight excluding hydrogens is 326 g/mol. The Kier molecular flexibility index (Phi) is 3.50. The summed E-state index contributed by atoms with van der Waals surface area (Å²) in [6.45, 7) is 0. The predicted octanol–water partition coefficient (Wildman–Crippen LogP) is 4.45. The van der Waals surface area contributed by atoms with Gasteiger partial charge in [-0.3, -0.25) is 0 Å². The Morgan fingerprint density at radius 3 is 2.33 bits per heavy atom. The number of aromatic amines is 1. The van der Waals surface area contributed by atoms with Gasteiger partial charge in [0.25, 0.3) is 0 Å². The lowest BCUT2D eigenvalue weighted by Gasteiger charge is -2.05. The van der Waals surface area contributed by atoms with Gasteiger partial charge < -0.3 is 14.5 Å². The van der Waals surface area contributed by atoms with E-state index in [1.54, 1.807) is 14.2 Å². The first-order valence-corrected chi connectivity index (χ1v) is 7.74. The van der Waals surface area contributed by atoms with Crippen LogP contribution in [0.25, 0.3) is 33.3 Å². The second-order valence-electron chi connectivity index (χ2n) is 5.35. The Hall–Kier alpha value is -2.79. The first-order chi connectivity index (χ1) is 11.7. The molecule has 0 bridgehead atoms. The molecule has 2 heterocycles. The highest BCUT2D eigenvalue weighted by Crippen LogP contribution is 2.31. The molecule has 0 spiro atoms. The molecule has 0 fully saturated rings. The lowest BCUT2D eigenvalue weighted by molar-refractivity contribution is 0.415. The average Bonchev–Trinajstić information content (AvgIpc) is 3.03. The zero-order valence-electron chi connectivity index (χ0n) is 13.1. The molecular formula is C18H14ClN3O2. The lowest BCUT2D eigenvalue weighted by atomic mass is 10.1. The molecule has 0 aliphatic heterocycles. The molecule has 0 atom stereocenters. The maximum atomic E-state index is 6.37. The number of H-pyrrole nitrogens is 1. The number of benzene rings is 2. The van der Waals surface area contributed by atoms with Gasteiger partial charge in [-0.25, -0.2) is 9.97 Å². The summed E-state index contributed by atoms with van der Waals surface area (Å²) < 4.78 is 10.5. The molecule has 0 unspecified atom stereocenters. The van der Waals surface area contributed by atoms with Crippen LogP contribution in [0, 0.1) is 0 Å². The quantitative estimate of drug-likeness (QED) is 0.560. The van der Waals surface area contributed by atoms with Gasteiger partial charge in [-0.05, 0) is 36.4 Å². The number of pyridine rings is 1. The van der Waals surface area contributed by atoms with E-state index in [1.807, 2.05) is 42.5 Å². The summed E-state index contributed by atoms with van der Waals surface area (Å²) >= 11 is 6.37. The molecule has 2 aromatic carbocycles. The number of hydrogen-bond donors (Lipinski definition) is 1. The zero-order valence-corrected chi connectivity index (χ0v) is 13.9. The third-order valence-corrected chi connectivity index (χ3v) is 4.21. The van der Waals surface area contributed by atoms with Crippen molar-refractivity contribution in [3.05, 3.63) is 47.6 Å². The van der Waals surface area contributed by atoms with Crippen LogP contribution in [0.4, 0.5) is 0 Å². The Bertz CT molecular complexity index is 1060. The summed E-state index contributed by atoms with van der Waals surface area (Å²) in [4.78, 5) is 12.3. The van der Waals surface area contributed by atoms with E-state index in [4.69, 9.17) is 21.1 Å². The fraction of sp³-hybridized carbons (Fsp3) is 0.111. The highest BCUT2D eigenvalue weighted by Gasteiger charge is 2.12. The van der Waals surface area contributed by atoms with Crippen molar-refractivity contribution in [2.45, 2.75) is 0 Å². The first kappa shape index (κ1) is 14.8. The van der Waals surface area contributed by atoms with Gasteiger partial charge in [-0.2, -0.15) is 0 Å². The molecule has 24 heavy (non-hydrogen) atoms. The van der Waals surface area contributed by atoms with Crippen LogP contribution in [0.1, 0.15) is 0 Å². The molecule has 120 valence electrons. The minimum absolute atomic E-state index is 0.402. The number of fused-ring (bicyclic) bond motifs is 2. The zero-order chi connectivity index (χ0) is 16.7. The Labute approximate surface area is 143 Å². The smallest absolute Gasteiger partial charge is 0.141 e. The third-order valence-electron chi connectivity index (χ3n) is 3.92. The van der Waals surface area contributed by atoms with E-state index in [0.717, 1.165) is 39.0 Å². The second kappa shape index (κ2) is 5.69. The molecule has 6 heteroatoms. The number of hydrogen-bond acceptors (Lipinski definition) is 4. The van der Waals surface area contributed by atoms with Gasteiger partial charge in [-0.15, -0.1) is 0 Å². The molecule has 0 radical (unpaired) electrons. The van der Waals surface area contributed by atoms with Gasteiger partial charge in [0.15, 0.2) is 0 Å². The van der Waals surface area contributed by atoms with Crippen molar-refractivity contribution in [3.8, 4) is 22.9 Å². The van der Waals surface area contributed by atoms with Crippen molar-refractivity contribution in [2.24, 2.45) is 0 Å².